The van der Waals surface area contributed by atoms with E-state index in [0.717, 1.165) is 19.4 Å². The second-order valence-electron chi connectivity index (χ2n) is 4.64. The van der Waals surface area contributed by atoms with Crippen LogP contribution in [0.3, 0.4) is 0 Å². The summed E-state index contributed by atoms with van der Waals surface area (Å²) in [5.74, 6) is 0.181. The molecule has 116 valence electrons. The monoisotopic (exact) mass is 331 g/mol. The zero-order chi connectivity index (χ0) is 14.6. The molecule has 2 N–H and O–H groups in total. The van der Waals surface area contributed by atoms with Crippen LogP contribution in [0.2, 0.25) is 0 Å². The van der Waals surface area contributed by atoms with Gasteiger partial charge in [-0.2, -0.15) is 5.26 Å². The molecule has 0 aromatic heterocycles. The molecule has 0 amide bonds. The molecule has 6 nitrogen and oxygen atoms in total. The van der Waals surface area contributed by atoms with E-state index in [1.165, 1.54) is 25.3 Å². The Labute approximate surface area is 130 Å². The molecular weight excluding hydrogens is 314 g/mol. The molecule has 1 aliphatic heterocycles. The third-order valence-corrected chi connectivity index (χ3v) is 4.76. The van der Waals surface area contributed by atoms with E-state index >= 15 is 0 Å². The topological polar surface area (TPSA) is 91.2 Å². The van der Waals surface area contributed by atoms with E-state index in [4.69, 9.17) is 10.00 Å². The highest BCUT2D eigenvalue weighted by Gasteiger charge is 2.24. The molecule has 0 bridgehead atoms. The number of nitriles is 1. The van der Waals surface area contributed by atoms with Crippen molar-refractivity contribution in [2.45, 2.75) is 23.8 Å². The van der Waals surface area contributed by atoms with Crippen LogP contribution in [0.4, 0.5) is 0 Å². The molecule has 2 rings (SSSR count). The molecule has 1 heterocycles. The van der Waals surface area contributed by atoms with Crippen molar-refractivity contribution in [2.75, 3.05) is 20.2 Å². The van der Waals surface area contributed by atoms with Gasteiger partial charge in [-0.05, 0) is 37.6 Å². The molecule has 1 aliphatic rings. The molecule has 0 saturated carbocycles. The quantitative estimate of drug-likeness (QED) is 0.859. The van der Waals surface area contributed by atoms with E-state index in [0.29, 0.717) is 12.1 Å². The van der Waals surface area contributed by atoms with Crippen molar-refractivity contribution in [3.8, 4) is 11.8 Å². The average Bonchev–Trinajstić information content (AvgIpc) is 2.47. The van der Waals surface area contributed by atoms with Crippen molar-refractivity contribution in [3.05, 3.63) is 23.8 Å². The molecule has 0 aliphatic carbocycles. The fourth-order valence-corrected chi connectivity index (χ4v) is 3.62. The molecule has 0 unspecified atom stereocenters. The van der Waals surface area contributed by atoms with Gasteiger partial charge in [0.05, 0.1) is 18.7 Å². The Bertz CT molecular complexity index is 622. The second kappa shape index (κ2) is 7.61. The van der Waals surface area contributed by atoms with Crippen molar-refractivity contribution in [2.24, 2.45) is 0 Å². The maximum absolute atomic E-state index is 12.4. The molecule has 1 atom stereocenters. The Hall–Kier alpha value is -1.33. The first-order valence-corrected chi connectivity index (χ1v) is 7.86. The Balaban J connectivity index is 0.00000220. The lowest BCUT2D eigenvalue weighted by Gasteiger charge is -2.24. The molecule has 1 aromatic rings. The van der Waals surface area contributed by atoms with E-state index in [1.54, 1.807) is 0 Å². The van der Waals surface area contributed by atoms with Crippen LogP contribution in [0, 0.1) is 11.3 Å². The Morgan fingerprint density at radius 1 is 1.48 bits per heavy atom. The summed E-state index contributed by atoms with van der Waals surface area (Å²) in [7, 11) is -2.27. The first-order chi connectivity index (χ1) is 9.56. The smallest absolute Gasteiger partial charge is 0.244 e. The standard InChI is InChI=1S/C13H17N3O3S.ClH/c1-19-12-7-10(8-14)4-5-13(12)20(17,18)16-11-3-2-6-15-9-11;/h4-5,7,11,15-16H,2-3,6,9H2,1H3;1H/t11-;/m0./s1. The van der Waals surface area contributed by atoms with Crippen LogP contribution < -0.4 is 14.8 Å². The highest BCUT2D eigenvalue weighted by molar-refractivity contribution is 7.89. The van der Waals surface area contributed by atoms with Crippen LogP contribution in [-0.4, -0.2) is 34.7 Å². The van der Waals surface area contributed by atoms with Gasteiger partial charge in [-0.25, -0.2) is 13.1 Å². The molecule has 0 radical (unpaired) electrons. The lowest BCUT2D eigenvalue weighted by atomic mass is 10.1. The minimum absolute atomic E-state index is 0. The van der Waals surface area contributed by atoms with Crippen LogP contribution >= 0.6 is 12.4 Å². The van der Waals surface area contributed by atoms with Crippen molar-refractivity contribution in [1.82, 2.24) is 10.0 Å². The predicted octanol–water partition coefficient (Wildman–Crippen LogP) is 1.02. The maximum Gasteiger partial charge on any atom is 0.244 e. The van der Waals surface area contributed by atoms with Gasteiger partial charge >= 0.3 is 0 Å². The zero-order valence-corrected chi connectivity index (χ0v) is 13.3. The fourth-order valence-electron chi connectivity index (χ4n) is 2.19. The van der Waals surface area contributed by atoms with Gasteiger partial charge in [0, 0.05) is 12.6 Å². The summed E-state index contributed by atoms with van der Waals surface area (Å²) in [5, 5.41) is 12.0. The molecular formula is C13H18ClN3O3S. The summed E-state index contributed by atoms with van der Waals surface area (Å²) < 4.78 is 32.5. The van der Waals surface area contributed by atoms with Gasteiger partial charge in [-0.15, -0.1) is 12.4 Å². The van der Waals surface area contributed by atoms with Crippen molar-refractivity contribution >= 4 is 22.4 Å². The van der Waals surface area contributed by atoms with Crippen LogP contribution in [0.15, 0.2) is 23.1 Å². The molecule has 1 saturated heterocycles. The van der Waals surface area contributed by atoms with E-state index in [-0.39, 0.29) is 29.1 Å². The summed E-state index contributed by atoms with van der Waals surface area (Å²) in [6.45, 7) is 1.54. The lowest BCUT2D eigenvalue weighted by Crippen LogP contribution is -2.45. The first-order valence-electron chi connectivity index (χ1n) is 6.38. The molecule has 21 heavy (non-hydrogen) atoms. The Kier molecular flexibility index (Phi) is 6.42. The van der Waals surface area contributed by atoms with Crippen LogP contribution in [0.5, 0.6) is 5.75 Å². The SMILES string of the molecule is COc1cc(C#N)ccc1S(=O)(=O)N[C@H]1CCCNC1.Cl. The van der Waals surface area contributed by atoms with Gasteiger partial charge in [0.15, 0.2) is 0 Å². The number of benzene rings is 1. The number of sulfonamides is 1. The number of hydrogen-bond donors (Lipinski definition) is 2. The number of methoxy groups -OCH3 is 1. The van der Waals surface area contributed by atoms with Gasteiger partial charge in [0.2, 0.25) is 10.0 Å². The number of halogens is 1. The van der Waals surface area contributed by atoms with Gasteiger partial charge in [-0.1, -0.05) is 0 Å². The second-order valence-corrected chi connectivity index (χ2v) is 6.32. The highest BCUT2D eigenvalue weighted by Crippen LogP contribution is 2.25. The largest absolute Gasteiger partial charge is 0.495 e. The third-order valence-electron chi connectivity index (χ3n) is 3.20. The number of ether oxygens (including phenoxy) is 1. The lowest BCUT2D eigenvalue weighted by molar-refractivity contribution is 0.399. The van der Waals surface area contributed by atoms with Gasteiger partial charge in [0.1, 0.15) is 10.6 Å². The zero-order valence-electron chi connectivity index (χ0n) is 11.6. The highest BCUT2D eigenvalue weighted by atomic mass is 35.5. The number of piperidine rings is 1. The number of rotatable bonds is 4. The summed E-state index contributed by atoms with van der Waals surface area (Å²) in [6.07, 6.45) is 1.75. The molecule has 1 fully saturated rings. The first kappa shape index (κ1) is 17.7. The number of nitrogens with one attached hydrogen (secondary N) is 2. The Morgan fingerprint density at radius 3 is 2.81 bits per heavy atom. The van der Waals surface area contributed by atoms with Crippen LogP contribution in [-0.2, 0) is 10.0 Å². The minimum atomic E-state index is -3.65. The molecule has 8 heteroatoms. The van der Waals surface area contributed by atoms with E-state index in [9.17, 15) is 8.42 Å². The predicted molar refractivity (Wildman–Crippen MR) is 81.2 cm³/mol. The minimum Gasteiger partial charge on any atom is -0.495 e. The van der Waals surface area contributed by atoms with Crippen LogP contribution in [0.1, 0.15) is 18.4 Å². The van der Waals surface area contributed by atoms with Crippen molar-refractivity contribution in [1.29, 1.82) is 5.26 Å². The molecule has 1 aromatic carbocycles. The number of hydrogen-bond acceptors (Lipinski definition) is 5. The summed E-state index contributed by atoms with van der Waals surface area (Å²) in [5.41, 5.74) is 0.361. The summed E-state index contributed by atoms with van der Waals surface area (Å²) >= 11 is 0. The molecule has 0 spiro atoms. The normalized spacial score (nSPS) is 18.4. The van der Waals surface area contributed by atoms with Gasteiger partial charge in [-0.3, -0.25) is 0 Å². The van der Waals surface area contributed by atoms with Gasteiger partial charge < -0.3 is 10.1 Å². The average molecular weight is 332 g/mol. The van der Waals surface area contributed by atoms with Gasteiger partial charge in [0.25, 0.3) is 0 Å². The maximum atomic E-state index is 12.4. The fraction of sp³-hybridized carbons (Fsp3) is 0.462. The summed E-state index contributed by atoms with van der Waals surface area (Å²) in [6, 6.07) is 6.13. The van der Waals surface area contributed by atoms with Crippen LogP contribution in [0.25, 0.3) is 0 Å². The van der Waals surface area contributed by atoms with Crippen molar-refractivity contribution < 1.29 is 13.2 Å². The van der Waals surface area contributed by atoms with E-state index < -0.39 is 10.0 Å². The summed E-state index contributed by atoms with van der Waals surface area (Å²) in [4.78, 5) is 0.0598. The Morgan fingerprint density at radius 2 is 2.24 bits per heavy atom. The number of nitrogens with zero attached hydrogens (tertiary/aromatic N) is 1. The van der Waals surface area contributed by atoms with E-state index in [2.05, 4.69) is 10.0 Å². The third kappa shape index (κ3) is 4.32. The van der Waals surface area contributed by atoms with Crippen molar-refractivity contribution in [3.63, 3.8) is 0 Å². The van der Waals surface area contributed by atoms with E-state index in [1.807, 2.05) is 6.07 Å².